The minimum Gasteiger partial charge on any atom is -0.472 e. The lowest BCUT2D eigenvalue weighted by atomic mass is 9.72. The number of halogens is 5. The first-order valence-electron chi connectivity index (χ1n) is 11.4. The number of pyridine rings is 1. The first-order chi connectivity index (χ1) is 17.3. The molecule has 0 radical (unpaired) electrons. The maximum absolute atomic E-state index is 15.1. The lowest BCUT2D eigenvalue weighted by molar-refractivity contribution is -0.137. The molecule has 6 rings (SSSR count). The van der Waals surface area contributed by atoms with Gasteiger partial charge in [-0.25, -0.2) is 23.7 Å². The van der Waals surface area contributed by atoms with Gasteiger partial charge in [0.05, 0.1) is 23.2 Å². The van der Waals surface area contributed by atoms with E-state index in [0.29, 0.717) is 25.5 Å². The van der Waals surface area contributed by atoms with Gasteiger partial charge in [0, 0.05) is 30.2 Å². The molecule has 3 aliphatic rings. The molecule has 188 valence electrons. The van der Waals surface area contributed by atoms with Gasteiger partial charge in [-0.15, -0.1) is 0 Å². The number of amides is 1. The highest BCUT2D eigenvalue weighted by atomic mass is 19.4. The summed E-state index contributed by atoms with van der Waals surface area (Å²) in [7, 11) is 0. The Morgan fingerprint density at radius 3 is 2.50 bits per heavy atom. The highest BCUT2D eigenvalue weighted by Gasteiger charge is 2.51. The van der Waals surface area contributed by atoms with E-state index in [1.165, 1.54) is 29.4 Å². The standard InChI is InChI=1S/C25H21F5N4O2/c26-12-19-14-5-7-18(20(11-14)36-21-8-6-15(13-33-21)25(28,29)30)34(19)24(35)22-16(3-1-4-17(22)27)23-31-9-2-10-32-23/h1-4,6,8-10,13-14,18-20H,5,7,11-12H2. The third-order valence-corrected chi connectivity index (χ3v) is 6.82. The lowest BCUT2D eigenvalue weighted by Gasteiger charge is -2.53. The number of aromatic nitrogens is 3. The summed E-state index contributed by atoms with van der Waals surface area (Å²) in [6.07, 6.45) is -0.0348. The second kappa shape index (κ2) is 9.44. The van der Waals surface area contributed by atoms with Gasteiger partial charge in [0.15, 0.2) is 5.82 Å². The van der Waals surface area contributed by atoms with E-state index < -0.39 is 48.3 Å². The Labute approximate surface area is 203 Å². The number of piperidine rings is 2. The number of fused-ring (bicyclic) bond motifs is 3. The molecule has 3 aromatic rings. The predicted octanol–water partition coefficient (Wildman–Crippen LogP) is 5.11. The number of nitrogens with zero attached hydrogens (tertiary/aromatic N) is 4. The number of carbonyl (C=O) groups is 1. The number of alkyl halides is 4. The van der Waals surface area contributed by atoms with Crippen molar-refractivity contribution in [1.82, 2.24) is 19.9 Å². The van der Waals surface area contributed by atoms with Crippen molar-refractivity contribution >= 4 is 5.91 Å². The van der Waals surface area contributed by atoms with E-state index in [0.717, 1.165) is 18.2 Å². The van der Waals surface area contributed by atoms with E-state index >= 15 is 4.39 Å². The Morgan fingerprint density at radius 1 is 1.06 bits per heavy atom. The van der Waals surface area contributed by atoms with Crippen LogP contribution < -0.4 is 4.74 Å². The normalized spacial score (nSPS) is 23.5. The van der Waals surface area contributed by atoms with Crippen molar-refractivity contribution in [2.24, 2.45) is 5.92 Å². The van der Waals surface area contributed by atoms with Crippen molar-refractivity contribution in [2.45, 2.75) is 43.6 Å². The number of ether oxygens (including phenoxy) is 1. The van der Waals surface area contributed by atoms with Crippen LogP contribution in [0, 0.1) is 11.7 Å². The molecule has 2 bridgehead atoms. The molecule has 1 saturated carbocycles. The van der Waals surface area contributed by atoms with E-state index in [1.54, 1.807) is 6.07 Å². The van der Waals surface area contributed by atoms with Gasteiger partial charge in [-0.2, -0.15) is 13.2 Å². The highest BCUT2D eigenvalue weighted by Crippen LogP contribution is 2.43. The van der Waals surface area contributed by atoms with Crippen molar-refractivity contribution in [3.8, 4) is 17.3 Å². The average molecular weight is 504 g/mol. The first kappa shape index (κ1) is 24.1. The van der Waals surface area contributed by atoms with Crippen molar-refractivity contribution in [1.29, 1.82) is 0 Å². The van der Waals surface area contributed by atoms with Crippen LogP contribution in [-0.4, -0.2) is 50.6 Å². The Balaban J connectivity index is 1.47. The summed E-state index contributed by atoms with van der Waals surface area (Å²) in [6, 6.07) is 6.29. The zero-order valence-corrected chi connectivity index (χ0v) is 18.8. The maximum atomic E-state index is 15.1. The van der Waals surface area contributed by atoms with Crippen molar-refractivity contribution in [3.05, 3.63) is 71.9 Å². The summed E-state index contributed by atoms with van der Waals surface area (Å²) >= 11 is 0. The van der Waals surface area contributed by atoms with Gasteiger partial charge in [-0.05, 0) is 43.4 Å². The maximum Gasteiger partial charge on any atom is 0.417 e. The molecule has 11 heteroatoms. The Kier molecular flexibility index (Phi) is 6.31. The van der Waals surface area contributed by atoms with Crippen molar-refractivity contribution in [2.75, 3.05) is 6.67 Å². The quantitative estimate of drug-likeness (QED) is 0.452. The summed E-state index contributed by atoms with van der Waals surface area (Å²) in [6.45, 7) is -0.816. The fourth-order valence-electron chi connectivity index (χ4n) is 5.18. The summed E-state index contributed by atoms with van der Waals surface area (Å²) in [4.78, 5) is 27.1. The van der Waals surface area contributed by atoms with Gasteiger partial charge in [0.25, 0.3) is 5.91 Å². The third kappa shape index (κ3) is 4.38. The number of rotatable bonds is 5. The minimum absolute atomic E-state index is 0.0333. The second-order valence-electron chi connectivity index (χ2n) is 8.85. The van der Waals surface area contributed by atoms with Gasteiger partial charge >= 0.3 is 6.18 Å². The number of hydrogen-bond donors (Lipinski definition) is 0. The van der Waals surface area contributed by atoms with Crippen molar-refractivity contribution < 1.29 is 31.5 Å². The van der Waals surface area contributed by atoms with Gasteiger partial charge in [-0.3, -0.25) is 4.79 Å². The minimum atomic E-state index is -4.53. The SMILES string of the molecule is O=C(c1c(F)cccc1-c1ncccn1)N1C(CF)C2CCC1C(Oc1ccc(C(F)(F)F)cn1)C2. The Morgan fingerprint density at radius 2 is 1.83 bits per heavy atom. The van der Waals surface area contributed by atoms with Crippen LogP contribution in [-0.2, 0) is 6.18 Å². The van der Waals surface area contributed by atoms with Crippen LogP contribution in [0.5, 0.6) is 5.88 Å². The van der Waals surface area contributed by atoms with Crippen LogP contribution in [0.4, 0.5) is 22.0 Å². The zero-order valence-electron chi connectivity index (χ0n) is 18.8. The average Bonchev–Trinajstić information content (AvgIpc) is 2.88. The van der Waals surface area contributed by atoms with Crippen LogP contribution in [0.15, 0.2) is 55.0 Å². The molecule has 0 N–H and O–H groups in total. The molecule has 2 saturated heterocycles. The molecule has 3 fully saturated rings. The van der Waals surface area contributed by atoms with Crippen LogP contribution in [0.3, 0.4) is 0 Å². The Bertz CT molecular complexity index is 1240. The molecule has 1 aliphatic carbocycles. The molecular formula is C25H21F5N4O2. The summed E-state index contributed by atoms with van der Waals surface area (Å²) in [5, 5.41) is 0. The smallest absolute Gasteiger partial charge is 0.417 e. The van der Waals surface area contributed by atoms with E-state index in [4.69, 9.17) is 4.74 Å². The van der Waals surface area contributed by atoms with Crippen molar-refractivity contribution in [3.63, 3.8) is 0 Å². The van der Waals surface area contributed by atoms with Gasteiger partial charge in [0.2, 0.25) is 5.88 Å². The summed E-state index contributed by atoms with van der Waals surface area (Å²) < 4.78 is 73.8. The van der Waals surface area contributed by atoms with E-state index in [2.05, 4.69) is 15.0 Å². The van der Waals surface area contributed by atoms with E-state index in [-0.39, 0.29) is 28.7 Å². The predicted molar refractivity (Wildman–Crippen MR) is 118 cm³/mol. The molecular weight excluding hydrogens is 483 g/mol. The van der Waals surface area contributed by atoms with Crippen LogP contribution in [0.25, 0.3) is 11.4 Å². The summed E-state index contributed by atoms with van der Waals surface area (Å²) in [5.41, 5.74) is -0.993. The number of hydrogen-bond acceptors (Lipinski definition) is 5. The molecule has 6 nitrogen and oxygen atoms in total. The third-order valence-electron chi connectivity index (χ3n) is 6.82. The van der Waals surface area contributed by atoms with Gasteiger partial charge < -0.3 is 9.64 Å². The molecule has 4 atom stereocenters. The fraction of sp³-hybridized carbons (Fsp3) is 0.360. The Hall–Kier alpha value is -3.63. The highest BCUT2D eigenvalue weighted by molar-refractivity contribution is 6.01. The summed E-state index contributed by atoms with van der Waals surface area (Å²) in [5.74, 6) is -1.63. The number of carbonyl (C=O) groups excluding carboxylic acids is 1. The van der Waals surface area contributed by atoms with Gasteiger partial charge in [0.1, 0.15) is 18.6 Å². The van der Waals surface area contributed by atoms with Crippen LogP contribution >= 0.6 is 0 Å². The van der Waals surface area contributed by atoms with E-state index in [9.17, 15) is 22.4 Å². The zero-order chi connectivity index (χ0) is 25.4. The molecule has 4 heterocycles. The largest absolute Gasteiger partial charge is 0.472 e. The second-order valence-corrected chi connectivity index (χ2v) is 8.85. The molecule has 2 aromatic heterocycles. The number of benzene rings is 1. The monoisotopic (exact) mass is 504 g/mol. The molecule has 4 unspecified atom stereocenters. The molecule has 2 aliphatic heterocycles. The topological polar surface area (TPSA) is 68.2 Å². The van der Waals surface area contributed by atoms with Gasteiger partial charge in [-0.1, -0.05) is 12.1 Å². The fourth-order valence-corrected chi connectivity index (χ4v) is 5.18. The molecule has 1 amide bonds. The van der Waals surface area contributed by atoms with Crippen LogP contribution in [0.2, 0.25) is 0 Å². The van der Waals surface area contributed by atoms with E-state index in [1.807, 2.05) is 0 Å². The molecule has 36 heavy (non-hydrogen) atoms. The van der Waals surface area contributed by atoms with Crippen LogP contribution in [0.1, 0.15) is 35.2 Å². The lowest BCUT2D eigenvalue weighted by Crippen LogP contribution is -2.65. The molecule has 1 aromatic carbocycles. The first-order valence-corrected chi connectivity index (χ1v) is 11.4. The molecule has 0 spiro atoms.